The number of amides is 3. The summed E-state index contributed by atoms with van der Waals surface area (Å²) in [4.78, 5) is 42.6. The number of benzene rings is 1. The molecule has 3 fully saturated rings. The molecule has 1 aromatic rings. The van der Waals surface area contributed by atoms with Crippen LogP contribution in [0.3, 0.4) is 0 Å². The average molecular weight is 396 g/mol. The Kier molecular flexibility index (Phi) is 4.98. The molecule has 0 saturated carbocycles. The molecule has 4 atom stereocenters. The minimum atomic E-state index is -0.776. The number of fused-ring (bicyclic) bond motifs is 2. The van der Waals surface area contributed by atoms with Gasteiger partial charge in [-0.05, 0) is 31.4 Å². The topological polar surface area (TPSA) is 137 Å². The molecule has 152 valence electrons. The van der Waals surface area contributed by atoms with Gasteiger partial charge in [-0.15, -0.1) is 0 Å². The van der Waals surface area contributed by atoms with Crippen LogP contribution < -0.4 is 16.4 Å². The molecule has 3 aliphatic heterocycles. The van der Waals surface area contributed by atoms with E-state index >= 15 is 0 Å². The Morgan fingerprint density at radius 1 is 1.31 bits per heavy atom. The molecule has 0 aromatic heterocycles. The number of piperazine rings is 1. The SMILES string of the molecule is N#CC1CCCN1C(=O)C(N)CN1C[C@@H]2CC1C(=O)N2c1ccccc1C(N)=O. The van der Waals surface area contributed by atoms with Gasteiger partial charge in [-0.25, -0.2) is 0 Å². The Bertz CT molecular complexity index is 896. The van der Waals surface area contributed by atoms with Crippen molar-refractivity contribution in [3.63, 3.8) is 0 Å². The van der Waals surface area contributed by atoms with E-state index in [9.17, 15) is 19.6 Å². The first kappa shape index (κ1) is 19.4. The fraction of sp³-hybridized carbons (Fsp3) is 0.500. The molecule has 4 rings (SSSR count). The van der Waals surface area contributed by atoms with Crippen molar-refractivity contribution in [1.29, 1.82) is 5.26 Å². The zero-order chi connectivity index (χ0) is 20.7. The van der Waals surface area contributed by atoms with Crippen molar-refractivity contribution in [1.82, 2.24) is 9.80 Å². The molecule has 3 heterocycles. The Hall–Kier alpha value is -2.96. The summed E-state index contributed by atoms with van der Waals surface area (Å²) in [6.45, 7) is 1.39. The highest BCUT2D eigenvalue weighted by molar-refractivity contribution is 6.07. The van der Waals surface area contributed by atoms with E-state index in [2.05, 4.69) is 6.07 Å². The summed E-state index contributed by atoms with van der Waals surface area (Å²) >= 11 is 0. The first-order valence-corrected chi connectivity index (χ1v) is 9.84. The van der Waals surface area contributed by atoms with Crippen molar-refractivity contribution in [3.05, 3.63) is 29.8 Å². The van der Waals surface area contributed by atoms with Crippen LogP contribution >= 0.6 is 0 Å². The Morgan fingerprint density at radius 2 is 2.07 bits per heavy atom. The maximum Gasteiger partial charge on any atom is 0.250 e. The number of carbonyl (C=O) groups excluding carboxylic acids is 3. The Labute approximate surface area is 168 Å². The minimum Gasteiger partial charge on any atom is -0.366 e. The molecule has 3 saturated heterocycles. The maximum absolute atomic E-state index is 13.0. The zero-order valence-electron chi connectivity index (χ0n) is 16.0. The van der Waals surface area contributed by atoms with Crippen molar-refractivity contribution in [3.8, 4) is 6.07 Å². The summed E-state index contributed by atoms with van der Waals surface area (Å²) in [6.07, 6.45) is 2.10. The number of hydrogen-bond donors (Lipinski definition) is 2. The van der Waals surface area contributed by atoms with E-state index in [1.165, 1.54) is 0 Å². The normalized spacial score (nSPS) is 27.3. The average Bonchev–Trinajstić information content (AvgIpc) is 3.41. The van der Waals surface area contributed by atoms with Crippen LogP contribution in [-0.2, 0) is 9.59 Å². The van der Waals surface area contributed by atoms with Crippen molar-refractivity contribution < 1.29 is 14.4 Å². The number of carbonyl (C=O) groups is 3. The second-order valence-electron chi connectivity index (χ2n) is 7.87. The zero-order valence-corrected chi connectivity index (χ0v) is 16.0. The number of likely N-dealkylation sites (tertiary alicyclic amines) is 2. The van der Waals surface area contributed by atoms with Gasteiger partial charge < -0.3 is 21.3 Å². The molecule has 4 N–H and O–H groups in total. The highest BCUT2D eigenvalue weighted by atomic mass is 16.2. The van der Waals surface area contributed by atoms with Crippen LogP contribution in [-0.4, -0.2) is 71.3 Å². The van der Waals surface area contributed by atoms with Gasteiger partial charge in [-0.2, -0.15) is 5.26 Å². The Morgan fingerprint density at radius 3 is 2.76 bits per heavy atom. The van der Waals surface area contributed by atoms with Gasteiger partial charge in [0.15, 0.2) is 0 Å². The lowest BCUT2D eigenvalue weighted by atomic mass is 10.1. The smallest absolute Gasteiger partial charge is 0.250 e. The number of primary amides is 1. The van der Waals surface area contributed by atoms with Crippen LogP contribution in [0.1, 0.15) is 29.6 Å². The highest BCUT2D eigenvalue weighted by Crippen LogP contribution is 2.37. The molecule has 29 heavy (non-hydrogen) atoms. The lowest BCUT2D eigenvalue weighted by molar-refractivity contribution is -0.134. The van der Waals surface area contributed by atoms with Crippen molar-refractivity contribution in [2.45, 2.75) is 43.4 Å². The van der Waals surface area contributed by atoms with Crippen LogP contribution in [0.15, 0.2) is 24.3 Å². The number of rotatable bonds is 5. The molecule has 1 aromatic carbocycles. The van der Waals surface area contributed by atoms with Gasteiger partial charge >= 0.3 is 0 Å². The van der Waals surface area contributed by atoms with E-state index < -0.39 is 18.0 Å². The van der Waals surface area contributed by atoms with Crippen LogP contribution in [0.2, 0.25) is 0 Å². The van der Waals surface area contributed by atoms with E-state index in [4.69, 9.17) is 11.5 Å². The number of nitrogens with zero attached hydrogens (tertiary/aromatic N) is 4. The third-order valence-corrected chi connectivity index (χ3v) is 6.13. The van der Waals surface area contributed by atoms with Gasteiger partial charge in [0.05, 0.1) is 35.4 Å². The largest absolute Gasteiger partial charge is 0.366 e. The molecule has 9 heteroatoms. The van der Waals surface area contributed by atoms with Crippen molar-refractivity contribution >= 4 is 23.4 Å². The summed E-state index contributed by atoms with van der Waals surface area (Å²) in [5.74, 6) is -0.913. The summed E-state index contributed by atoms with van der Waals surface area (Å²) in [7, 11) is 0. The fourth-order valence-electron chi connectivity index (χ4n) is 4.78. The standard InChI is InChI=1S/C20H24N6O3/c21-9-12-4-3-7-25(12)19(28)15(22)11-24-10-13-8-17(24)20(29)26(13)16-6-2-1-5-14(16)18(23)27/h1-2,5-6,12-13,15,17H,3-4,7-8,10-11,22H2,(H2,23,27)/t12?,13-,15?,17?/m0/s1. The summed E-state index contributed by atoms with van der Waals surface area (Å²) in [5, 5.41) is 9.19. The molecule has 9 nitrogen and oxygen atoms in total. The monoisotopic (exact) mass is 396 g/mol. The van der Waals surface area contributed by atoms with Gasteiger partial charge in [0.25, 0.3) is 5.91 Å². The predicted molar refractivity (Wildman–Crippen MR) is 105 cm³/mol. The summed E-state index contributed by atoms with van der Waals surface area (Å²) in [5.41, 5.74) is 12.5. The van der Waals surface area contributed by atoms with Gasteiger partial charge in [-0.1, -0.05) is 12.1 Å². The fourth-order valence-corrected chi connectivity index (χ4v) is 4.78. The molecule has 0 aliphatic carbocycles. The van der Waals surface area contributed by atoms with Crippen LogP contribution in [0.5, 0.6) is 0 Å². The predicted octanol–water partition coefficient (Wildman–Crippen LogP) is -0.583. The van der Waals surface area contributed by atoms with E-state index in [0.717, 1.165) is 6.42 Å². The molecule has 0 spiro atoms. The molecule has 0 radical (unpaired) electrons. The summed E-state index contributed by atoms with van der Waals surface area (Å²) < 4.78 is 0. The van der Waals surface area contributed by atoms with Crippen LogP contribution in [0, 0.1) is 11.3 Å². The minimum absolute atomic E-state index is 0.0889. The van der Waals surface area contributed by atoms with Crippen molar-refractivity contribution in [2.75, 3.05) is 24.5 Å². The quantitative estimate of drug-likeness (QED) is 0.683. The second-order valence-corrected chi connectivity index (χ2v) is 7.87. The molecule has 3 unspecified atom stereocenters. The molecular formula is C20H24N6O3. The highest BCUT2D eigenvalue weighted by Gasteiger charge is 2.51. The van der Waals surface area contributed by atoms with E-state index in [0.29, 0.717) is 37.2 Å². The van der Waals surface area contributed by atoms with Gasteiger partial charge in [0, 0.05) is 19.6 Å². The summed E-state index contributed by atoms with van der Waals surface area (Å²) in [6, 6.07) is 7.34. The molecule has 2 bridgehead atoms. The lowest BCUT2D eigenvalue weighted by Crippen LogP contribution is -2.56. The molecular weight excluding hydrogens is 372 g/mol. The van der Waals surface area contributed by atoms with Crippen LogP contribution in [0.25, 0.3) is 0 Å². The number of hydrogen-bond acceptors (Lipinski definition) is 6. The third-order valence-electron chi connectivity index (χ3n) is 6.13. The second kappa shape index (κ2) is 7.46. The van der Waals surface area contributed by atoms with E-state index in [1.807, 2.05) is 4.90 Å². The van der Waals surface area contributed by atoms with Crippen LogP contribution in [0.4, 0.5) is 5.69 Å². The van der Waals surface area contributed by atoms with Gasteiger partial charge in [-0.3, -0.25) is 19.3 Å². The lowest BCUT2D eigenvalue weighted by Gasteiger charge is -2.36. The molecule has 3 amide bonds. The van der Waals surface area contributed by atoms with Gasteiger partial charge in [0.2, 0.25) is 11.8 Å². The number of para-hydroxylation sites is 1. The number of nitrogens with two attached hydrogens (primary N) is 2. The van der Waals surface area contributed by atoms with Gasteiger partial charge in [0.1, 0.15) is 6.04 Å². The molecule has 3 aliphatic rings. The number of nitriles is 1. The maximum atomic E-state index is 13.0. The van der Waals surface area contributed by atoms with Crippen molar-refractivity contribution in [2.24, 2.45) is 11.5 Å². The Balaban J connectivity index is 1.45. The number of anilines is 1. The first-order valence-electron chi connectivity index (χ1n) is 9.84. The third kappa shape index (κ3) is 3.24. The van der Waals surface area contributed by atoms with E-state index in [1.54, 1.807) is 34.1 Å². The van der Waals surface area contributed by atoms with E-state index in [-0.39, 0.29) is 30.4 Å². The first-order chi connectivity index (χ1) is 13.9.